The molecule has 1 unspecified atom stereocenters. The van der Waals surface area contributed by atoms with Crippen molar-refractivity contribution in [3.63, 3.8) is 0 Å². The normalized spacial score (nSPS) is 18.1. The van der Waals surface area contributed by atoms with Crippen molar-refractivity contribution in [2.75, 3.05) is 26.2 Å². The molecular formula is C14H17ClN2O3. The lowest BCUT2D eigenvalue weighted by atomic mass is 10.1. The van der Waals surface area contributed by atoms with Crippen molar-refractivity contribution in [1.82, 2.24) is 10.2 Å². The van der Waals surface area contributed by atoms with Crippen LogP contribution in [0.2, 0.25) is 5.02 Å². The zero-order chi connectivity index (χ0) is 14.5. The SMILES string of the molecule is O=C(NCC(=O)N1CCC(CO)C1)c1cccc(Cl)c1. The van der Waals surface area contributed by atoms with Crippen LogP contribution in [0.1, 0.15) is 16.8 Å². The number of hydrogen-bond acceptors (Lipinski definition) is 3. The highest BCUT2D eigenvalue weighted by atomic mass is 35.5. The van der Waals surface area contributed by atoms with Crippen LogP contribution < -0.4 is 5.32 Å². The fraction of sp³-hybridized carbons (Fsp3) is 0.429. The van der Waals surface area contributed by atoms with Gasteiger partial charge < -0.3 is 15.3 Å². The Bertz CT molecular complexity index is 507. The molecule has 6 heteroatoms. The van der Waals surface area contributed by atoms with Gasteiger partial charge in [-0.3, -0.25) is 9.59 Å². The molecule has 1 saturated heterocycles. The quantitative estimate of drug-likeness (QED) is 0.868. The largest absolute Gasteiger partial charge is 0.396 e. The van der Waals surface area contributed by atoms with Gasteiger partial charge in [0.1, 0.15) is 0 Å². The van der Waals surface area contributed by atoms with Gasteiger partial charge in [0.05, 0.1) is 6.54 Å². The average molecular weight is 297 g/mol. The summed E-state index contributed by atoms with van der Waals surface area (Å²) in [7, 11) is 0. The minimum absolute atomic E-state index is 0.0382. The monoisotopic (exact) mass is 296 g/mol. The molecule has 2 N–H and O–H groups in total. The van der Waals surface area contributed by atoms with Gasteiger partial charge in [0.2, 0.25) is 5.91 Å². The van der Waals surface area contributed by atoms with Crippen molar-refractivity contribution in [3.05, 3.63) is 34.9 Å². The second kappa shape index (κ2) is 6.72. The number of aliphatic hydroxyl groups excluding tert-OH is 1. The highest BCUT2D eigenvalue weighted by Crippen LogP contribution is 2.15. The summed E-state index contributed by atoms with van der Waals surface area (Å²) in [5.74, 6) is -0.294. The van der Waals surface area contributed by atoms with E-state index in [-0.39, 0.29) is 30.9 Å². The van der Waals surface area contributed by atoms with Crippen molar-refractivity contribution in [1.29, 1.82) is 0 Å². The van der Waals surface area contributed by atoms with Crippen LogP contribution in [0.4, 0.5) is 0 Å². The molecule has 1 aliphatic rings. The number of carbonyl (C=O) groups is 2. The van der Waals surface area contributed by atoms with Crippen LogP contribution in [0.3, 0.4) is 0 Å². The lowest BCUT2D eigenvalue weighted by molar-refractivity contribution is -0.129. The van der Waals surface area contributed by atoms with Gasteiger partial charge in [-0.2, -0.15) is 0 Å². The smallest absolute Gasteiger partial charge is 0.251 e. The average Bonchev–Trinajstić information content (AvgIpc) is 2.93. The van der Waals surface area contributed by atoms with Gasteiger partial charge in [-0.1, -0.05) is 17.7 Å². The summed E-state index contributed by atoms with van der Waals surface area (Å²) >= 11 is 5.81. The van der Waals surface area contributed by atoms with E-state index in [9.17, 15) is 9.59 Å². The number of aliphatic hydroxyl groups is 1. The zero-order valence-electron chi connectivity index (χ0n) is 11.0. The van der Waals surface area contributed by atoms with Gasteiger partial charge in [-0.15, -0.1) is 0 Å². The molecule has 1 heterocycles. The minimum Gasteiger partial charge on any atom is -0.396 e. The van der Waals surface area contributed by atoms with Crippen molar-refractivity contribution < 1.29 is 14.7 Å². The molecule has 1 aliphatic heterocycles. The van der Waals surface area contributed by atoms with Crippen LogP contribution in [-0.4, -0.2) is 48.1 Å². The van der Waals surface area contributed by atoms with Crippen LogP contribution in [-0.2, 0) is 4.79 Å². The highest BCUT2D eigenvalue weighted by Gasteiger charge is 2.25. The number of carbonyl (C=O) groups excluding carboxylic acids is 2. The molecule has 108 valence electrons. The van der Waals surface area contributed by atoms with E-state index in [1.807, 2.05) is 0 Å². The third-order valence-electron chi connectivity index (χ3n) is 3.38. The predicted octanol–water partition coefficient (Wildman–Crippen LogP) is 0.911. The predicted molar refractivity (Wildman–Crippen MR) is 75.6 cm³/mol. The second-order valence-electron chi connectivity index (χ2n) is 4.87. The summed E-state index contributed by atoms with van der Waals surface area (Å²) < 4.78 is 0. The number of halogens is 1. The Balaban J connectivity index is 1.83. The Morgan fingerprint density at radius 1 is 1.45 bits per heavy atom. The molecule has 0 radical (unpaired) electrons. The van der Waals surface area contributed by atoms with Crippen molar-refractivity contribution in [2.45, 2.75) is 6.42 Å². The number of benzene rings is 1. The standard InChI is InChI=1S/C14H17ClN2O3/c15-12-3-1-2-11(6-12)14(20)16-7-13(19)17-5-4-10(8-17)9-18/h1-3,6,10,18H,4-5,7-9H2,(H,16,20). The summed E-state index contributed by atoms with van der Waals surface area (Å²) in [6.07, 6.45) is 0.810. The van der Waals surface area contributed by atoms with E-state index >= 15 is 0 Å². The maximum Gasteiger partial charge on any atom is 0.251 e. The fourth-order valence-electron chi connectivity index (χ4n) is 2.21. The lowest BCUT2D eigenvalue weighted by Gasteiger charge is -2.16. The number of nitrogens with one attached hydrogen (secondary N) is 1. The second-order valence-corrected chi connectivity index (χ2v) is 5.31. The number of hydrogen-bond donors (Lipinski definition) is 2. The Hall–Kier alpha value is -1.59. The molecular weight excluding hydrogens is 280 g/mol. The summed E-state index contributed by atoms with van der Waals surface area (Å²) in [6, 6.07) is 6.57. The van der Waals surface area contributed by atoms with E-state index in [0.717, 1.165) is 6.42 Å². The van der Waals surface area contributed by atoms with E-state index < -0.39 is 0 Å². The Morgan fingerprint density at radius 3 is 2.90 bits per heavy atom. The van der Waals surface area contributed by atoms with Gasteiger partial charge in [-0.05, 0) is 24.6 Å². The molecule has 0 saturated carbocycles. The number of amides is 2. The van der Waals surface area contributed by atoms with E-state index in [0.29, 0.717) is 23.7 Å². The maximum atomic E-state index is 11.9. The van der Waals surface area contributed by atoms with Crippen LogP contribution >= 0.6 is 11.6 Å². The molecule has 1 atom stereocenters. The number of rotatable bonds is 4. The van der Waals surface area contributed by atoms with Crippen molar-refractivity contribution >= 4 is 23.4 Å². The van der Waals surface area contributed by atoms with E-state index in [2.05, 4.69) is 5.32 Å². The Labute approximate surface area is 122 Å². The molecule has 2 rings (SSSR count). The van der Waals surface area contributed by atoms with Crippen LogP contribution in [0.15, 0.2) is 24.3 Å². The molecule has 1 aromatic rings. The van der Waals surface area contributed by atoms with Gasteiger partial charge in [-0.25, -0.2) is 0 Å². The minimum atomic E-state index is -0.321. The fourth-order valence-corrected chi connectivity index (χ4v) is 2.40. The van der Waals surface area contributed by atoms with Crippen LogP contribution in [0, 0.1) is 5.92 Å². The summed E-state index contributed by atoms with van der Waals surface area (Å²) in [5, 5.41) is 12.1. The first-order valence-electron chi connectivity index (χ1n) is 6.52. The lowest BCUT2D eigenvalue weighted by Crippen LogP contribution is -2.39. The van der Waals surface area contributed by atoms with Gasteiger partial charge in [0, 0.05) is 36.2 Å². The maximum absolute atomic E-state index is 11.9. The zero-order valence-corrected chi connectivity index (χ0v) is 11.8. The molecule has 1 aromatic carbocycles. The number of likely N-dealkylation sites (tertiary alicyclic amines) is 1. The third-order valence-corrected chi connectivity index (χ3v) is 3.62. The summed E-state index contributed by atoms with van der Waals surface area (Å²) in [5.41, 5.74) is 0.431. The van der Waals surface area contributed by atoms with Gasteiger partial charge in [0.15, 0.2) is 0 Å². The van der Waals surface area contributed by atoms with E-state index in [1.165, 1.54) is 0 Å². The Morgan fingerprint density at radius 2 is 2.25 bits per heavy atom. The molecule has 0 spiro atoms. The molecule has 1 fully saturated rings. The molecule has 20 heavy (non-hydrogen) atoms. The molecule has 0 bridgehead atoms. The van der Waals surface area contributed by atoms with E-state index in [1.54, 1.807) is 29.2 Å². The molecule has 0 aliphatic carbocycles. The Kier molecular flexibility index (Phi) is 4.98. The highest BCUT2D eigenvalue weighted by molar-refractivity contribution is 6.30. The van der Waals surface area contributed by atoms with Crippen LogP contribution in [0.5, 0.6) is 0 Å². The molecule has 0 aromatic heterocycles. The molecule has 2 amide bonds. The first kappa shape index (κ1) is 14.8. The van der Waals surface area contributed by atoms with Gasteiger partial charge >= 0.3 is 0 Å². The third kappa shape index (κ3) is 3.71. The van der Waals surface area contributed by atoms with E-state index in [4.69, 9.17) is 16.7 Å². The first-order valence-corrected chi connectivity index (χ1v) is 6.90. The summed E-state index contributed by atoms with van der Waals surface area (Å²) in [4.78, 5) is 25.4. The van der Waals surface area contributed by atoms with Gasteiger partial charge in [0.25, 0.3) is 5.91 Å². The van der Waals surface area contributed by atoms with Crippen LogP contribution in [0.25, 0.3) is 0 Å². The van der Waals surface area contributed by atoms with Crippen molar-refractivity contribution in [3.8, 4) is 0 Å². The number of nitrogens with zero attached hydrogens (tertiary/aromatic N) is 1. The first-order chi connectivity index (χ1) is 9.60. The molecule has 5 nitrogen and oxygen atoms in total. The van der Waals surface area contributed by atoms with Crippen molar-refractivity contribution in [2.24, 2.45) is 5.92 Å². The summed E-state index contributed by atoms with van der Waals surface area (Å²) in [6.45, 7) is 1.25. The topological polar surface area (TPSA) is 69.6 Å².